The number of nitrogens with zero attached hydrogens (tertiary/aromatic N) is 1. The summed E-state index contributed by atoms with van der Waals surface area (Å²) in [6.07, 6.45) is -0.926. The second-order valence-electron chi connectivity index (χ2n) is 7.37. The average Bonchev–Trinajstić information content (AvgIpc) is 3.09. The first-order chi connectivity index (χ1) is 14.8. The normalized spacial score (nSPS) is 11.6. The second-order valence-corrected chi connectivity index (χ2v) is 7.37. The van der Waals surface area contributed by atoms with E-state index in [4.69, 9.17) is 14.0 Å². The number of hydrogen-bond donors (Lipinski definition) is 1. The van der Waals surface area contributed by atoms with Crippen molar-refractivity contribution in [2.45, 2.75) is 47.0 Å². The van der Waals surface area contributed by atoms with E-state index in [0.29, 0.717) is 23.6 Å². The molecule has 0 radical (unpaired) electrons. The minimum Gasteiger partial charge on any atom is -0.489 e. The first-order valence-electron chi connectivity index (χ1n) is 10.0. The van der Waals surface area contributed by atoms with Gasteiger partial charge in [0.05, 0.1) is 16.8 Å². The summed E-state index contributed by atoms with van der Waals surface area (Å²) in [7, 11) is 0. The maximum absolute atomic E-state index is 12.5. The average molecular weight is 422 g/mol. The summed E-state index contributed by atoms with van der Waals surface area (Å²) in [5, 5.41) is 6.67. The van der Waals surface area contributed by atoms with Crippen molar-refractivity contribution >= 4 is 11.9 Å². The summed E-state index contributed by atoms with van der Waals surface area (Å²) in [6, 6.07) is 14.5. The molecule has 3 rings (SSSR count). The zero-order valence-electron chi connectivity index (χ0n) is 18.1. The van der Waals surface area contributed by atoms with Crippen molar-refractivity contribution in [3.8, 4) is 5.75 Å². The highest BCUT2D eigenvalue weighted by Crippen LogP contribution is 2.19. The van der Waals surface area contributed by atoms with Crippen molar-refractivity contribution in [2.24, 2.45) is 0 Å². The lowest BCUT2D eigenvalue weighted by Gasteiger charge is -2.14. The Labute approximate surface area is 181 Å². The number of ether oxygens (including phenoxy) is 2. The van der Waals surface area contributed by atoms with Gasteiger partial charge in [-0.1, -0.05) is 41.1 Å². The van der Waals surface area contributed by atoms with Crippen LogP contribution in [-0.4, -0.2) is 23.1 Å². The molecule has 0 bridgehead atoms. The summed E-state index contributed by atoms with van der Waals surface area (Å²) in [4.78, 5) is 24.8. The number of benzene rings is 2. The van der Waals surface area contributed by atoms with Crippen LogP contribution in [0.2, 0.25) is 0 Å². The Balaban J connectivity index is 1.53. The van der Waals surface area contributed by atoms with E-state index < -0.39 is 12.1 Å². The Bertz CT molecular complexity index is 1040. The standard InChI is InChI=1S/C24H26N2O5/c1-15-8-10-19(11-9-15)13-25-23(27)18(4)30-24(28)20-6-5-7-21(12-20)29-14-22-16(2)26-31-17(22)3/h5-12,18H,13-14H2,1-4H3,(H,25,27)/t18-/m0/s1. The van der Waals surface area contributed by atoms with Crippen LogP contribution in [0, 0.1) is 20.8 Å². The molecule has 0 unspecified atom stereocenters. The summed E-state index contributed by atoms with van der Waals surface area (Å²) < 4.78 is 16.2. The molecule has 1 heterocycles. The molecule has 0 saturated carbocycles. The number of hydrogen-bond acceptors (Lipinski definition) is 6. The van der Waals surface area contributed by atoms with Crippen LogP contribution in [0.1, 0.15) is 45.4 Å². The Morgan fingerprint density at radius 3 is 2.52 bits per heavy atom. The Morgan fingerprint density at radius 1 is 1.10 bits per heavy atom. The van der Waals surface area contributed by atoms with Crippen molar-refractivity contribution in [3.05, 3.63) is 82.2 Å². The highest BCUT2D eigenvalue weighted by molar-refractivity contribution is 5.92. The van der Waals surface area contributed by atoms with E-state index in [1.165, 1.54) is 0 Å². The lowest BCUT2D eigenvalue weighted by molar-refractivity contribution is -0.129. The third-order valence-corrected chi connectivity index (χ3v) is 4.87. The van der Waals surface area contributed by atoms with Crippen LogP contribution in [0.15, 0.2) is 53.1 Å². The molecule has 7 heteroatoms. The van der Waals surface area contributed by atoms with Crippen LogP contribution in [0.3, 0.4) is 0 Å². The van der Waals surface area contributed by atoms with E-state index in [1.807, 2.05) is 45.0 Å². The molecule has 1 amide bonds. The second kappa shape index (κ2) is 9.93. The van der Waals surface area contributed by atoms with Crippen molar-refractivity contribution in [1.82, 2.24) is 10.5 Å². The minimum absolute atomic E-state index is 0.275. The van der Waals surface area contributed by atoms with Gasteiger partial charge in [-0.05, 0) is 51.5 Å². The molecule has 1 atom stereocenters. The Kier molecular flexibility index (Phi) is 7.07. The fourth-order valence-corrected chi connectivity index (χ4v) is 2.90. The maximum atomic E-state index is 12.5. The van der Waals surface area contributed by atoms with E-state index in [2.05, 4.69) is 10.5 Å². The van der Waals surface area contributed by atoms with E-state index in [9.17, 15) is 9.59 Å². The minimum atomic E-state index is -0.926. The fraction of sp³-hybridized carbons (Fsp3) is 0.292. The molecule has 1 aromatic heterocycles. The summed E-state index contributed by atoms with van der Waals surface area (Å²) >= 11 is 0. The molecule has 0 aliphatic rings. The van der Waals surface area contributed by atoms with E-state index in [1.54, 1.807) is 31.2 Å². The van der Waals surface area contributed by atoms with Gasteiger partial charge >= 0.3 is 5.97 Å². The molecule has 2 aromatic carbocycles. The number of rotatable bonds is 8. The van der Waals surface area contributed by atoms with Crippen LogP contribution in [0.4, 0.5) is 0 Å². The summed E-state index contributed by atoms with van der Waals surface area (Å²) in [5.41, 5.74) is 4.05. The SMILES string of the molecule is Cc1ccc(CNC(=O)[C@H](C)OC(=O)c2cccc(OCc3c(C)noc3C)c2)cc1. The predicted molar refractivity (Wildman–Crippen MR) is 115 cm³/mol. The van der Waals surface area contributed by atoms with Crippen molar-refractivity contribution in [1.29, 1.82) is 0 Å². The number of carbonyl (C=O) groups is 2. The van der Waals surface area contributed by atoms with Crippen LogP contribution in [0.25, 0.3) is 0 Å². The number of amides is 1. The molecule has 31 heavy (non-hydrogen) atoms. The van der Waals surface area contributed by atoms with Crippen LogP contribution >= 0.6 is 0 Å². The van der Waals surface area contributed by atoms with Gasteiger partial charge in [0.2, 0.25) is 0 Å². The third kappa shape index (κ3) is 5.94. The Hall–Kier alpha value is -3.61. The molecule has 0 aliphatic heterocycles. The molecular formula is C24H26N2O5. The third-order valence-electron chi connectivity index (χ3n) is 4.87. The monoisotopic (exact) mass is 422 g/mol. The van der Waals surface area contributed by atoms with Gasteiger partial charge in [-0.3, -0.25) is 4.79 Å². The number of aryl methyl sites for hydroxylation is 3. The number of aromatic nitrogens is 1. The van der Waals surface area contributed by atoms with Crippen LogP contribution < -0.4 is 10.1 Å². The summed E-state index contributed by atoms with van der Waals surface area (Å²) in [6.45, 7) is 7.84. The quantitative estimate of drug-likeness (QED) is 0.551. The number of carbonyl (C=O) groups excluding carboxylic acids is 2. The molecule has 3 aromatic rings. The maximum Gasteiger partial charge on any atom is 0.339 e. The molecule has 0 spiro atoms. The number of esters is 1. The molecule has 162 valence electrons. The van der Waals surface area contributed by atoms with Gasteiger partial charge < -0.3 is 19.3 Å². The van der Waals surface area contributed by atoms with E-state index in [0.717, 1.165) is 22.4 Å². The summed E-state index contributed by atoms with van der Waals surface area (Å²) in [5.74, 6) is 0.241. The zero-order valence-corrected chi connectivity index (χ0v) is 18.1. The van der Waals surface area contributed by atoms with E-state index in [-0.39, 0.29) is 12.5 Å². The van der Waals surface area contributed by atoms with Gasteiger partial charge in [0, 0.05) is 6.54 Å². The largest absolute Gasteiger partial charge is 0.489 e. The van der Waals surface area contributed by atoms with Gasteiger partial charge in [0.25, 0.3) is 5.91 Å². The molecule has 0 fully saturated rings. The van der Waals surface area contributed by atoms with Gasteiger partial charge in [-0.2, -0.15) is 0 Å². The zero-order chi connectivity index (χ0) is 22.4. The molecule has 0 aliphatic carbocycles. The van der Waals surface area contributed by atoms with E-state index >= 15 is 0 Å². The molecular weight excluding hydrogens is 396 g/mol. The highest BCUT2D eigenvalue weighted by atomic mass is 16.5. The van der Waals surface area contributed by atoms with Gasteiger partial charge in [-0.25, -0.2) is 4.79 Å². The Morgan fingerprint density at radius 2 is 1.84 bits per heavy atom. The van der Waals surface area contributed by atoms with Gasteiger partial charge in [0.15, 0.2) is 6.10 Å². The van der Waals surface area contributed by atoms with Crippen molar-refractivity contribution < 1.29 is 23.6 Å². The molecule has 0 saturated heterocycles. The molecule has 7 nitrogen and oxygen atoms in total. The lowest BCUT2D eigenvalue weighted by Crippen LogP contribution is -2.35. The predicted octanol–water partition coefficient (Wildman–Crippen LogP) is 4.04. The van der Waals surface area contributed by atoms with Crippen LogP contribution in [-0.2, 0) is 22.7 Å². The van der Waals surface area contributed by atoms with Crippen LogP contribution in [0.5, 0.6) is 5.75 Å². The fourth-order valence-electron chi connectivity index (χ4n) is 2.90. The molecule has 1 N–H and O–H groups in total. The lowest BCUT2D eigenvalue weighted by atomic mass is 10.1. The van der Waals surface area contributed by atoms with Gasteiger partial charge in [-0.15, -0.1) is 0 Å². The van der Waals surface area contributed by atoms with Crippen molar-refractivity contribution in [3.63, 3.8) is 0 Å². The topological polar surface area (TPSA) is 90.7 Å². The smallest absolute Gasteiger partial charge is 0.339 e. The number of nitrogens with one attached hydrogen (secondary N) is 1. The highest BCUT2D eigenvalue weighted by Gasteiger charge is 2.19. The first kappa shape index (κ1) is 22.1. The van der Waals surface area contributed by atoms with Crippen molar-refractivity contribution in [2.75, 3.05) is 0 Å². The van der Waals surface area contributed by atoms with Gasteiger partial charge in [0.1, 0.15) is 18.1 Å². The first-order valence-corrected chi connectivity index (χ1v) is 10.0.